The van der Waals surface area contributed by atoms with Crippen molar-refractivity contribution < 1.29 is 13.2 Å². The van der Waals surface area contributed by atoms with Crippen molar-refractivity contribution in [3.63, 3.8) is 0 Å². The number of hydrogen-bond donors (Lipinski definition) is 0. The molecule has 0 rings (SSSR count). The van der Waals surface area contributed by atoms with E-state index < -0.39 is 12.6 Å². The molecule has 0 fully saturated rings. The van der Waals surface area contributed by atoms with Crippen LogP contribution in [0.2, 0.25) is 0 Å². The molecule has 0 saturated heterocycles. The number of alkyl halides is 3. The van der Waals surface area contributed by atoms with Crippen LogP contribution in [0.3, 0.4) is 0 Å². The van der Waals surface area contributed by atoms with E-state index in [2.05, 4.69) is 27.7 Å². The Morgan fingerprint density at radius 3 is 1.67 bits per heavy atom. The van der Waals surface area contributed by atoms with E-state index in [4.69, 9.17) is 0 Å². The summed E-state index contributed by atoms with van der Waals surface area (Å²) in [7, 11) is 3.96. The molecule has 0 aliphatic carbocycles. The van der Waals surface area contributed by atoms with Crippen molar-refractivity contribution in [3.05, 3.63) is 0 Å². The molecule has 5 heteroatoms. The summed E-state index contributed by atoms with van der Waals surface area (Å²) < 4.78 is 32.4. The molecule has 0 radical (unpaired) electrons. The first-order valence-electron chi connectivity index (χ1n) is 5.04. The Kier molecular flexibility index (Phi) is 11.6. The van der Waals surface area contributed by atoms with Crippen LogP contribution >= 0.6 is 21.6 Å². The lowest BCUT2D eigenvalue weighted by molar-refractivity contribution is -0.130. The van der Waals surface area contributed by atoms with E-state index >= 15 is 0 Å². The van der Waals surface area contributed by atoms with Crippen molar-refractivity contribution in [2.45, 2.75) is 52.5 Å². The maximum absolute atomic E-state index is 10.8. The van der Waals surface area contributed by atoms with Gasteiger partial charge < -0.3 is 0 Å². The van der Waals surface area contributed by atoms with Crippen LogP contribution < -0.4 is 0 Å². The van der Waals surface area contributed by atoms with E-state index in [1.54, 1.807) is 0 Å². The molecule has 0 spiro atoms. The minimum absolute atomic E-state index is 0.729. The van der Waals surface area contributed by atoms with Crippen LogP contribution in [0.25, 0.3) is 0 Å². The molecule has 0 N–H and O–H groups in total. The minimum Gasteiger partial charge on any atom is -0.171 e. The summed E-state index contributed by atoms with van der Waals surface area (Å²) in [6.07, 6.45) is -4.69. The third-order valence-corrected chi connectivity index (χ3v) is 4.36. The van der Waals surface area contributed by atoms with Gasteiger partial charge in [-0.3, -0.25) is 0 Å². The van der Waals surface area contributed by atoms with Crippen molar-refractivity contribution >= 4 is 21.6 Å². The zero-order chi connectivity index (χ0) is 12.5. The summed E-state index contributed by atoms with van der Waals surface area (Å²) in [5.41, 5.74) is 0. The van der Waals surface area contributed by atoms with Gasteiger partial charge in [-0.15, -0.1) is 0 Å². The predicted octanol–water partition coefficient (Wildman–Crippen LogP) is 5.39. The van der Waals surface area contributed by atoms with Crippen molar-refractivity contribution in [2.24, 2.45) is 5.92 Å². The Labute approximate surface area is 99.2 Å². The molecule has 0 atom stereocenters. The predicted molar refractivity (Wildman–Crippen MR) is 66.4 cm³/mol. The molecule has 0 nitrogen and oxygen atoms in total. The second kappa shape index (κ2) is 9.70. The maximum atomic E-state index is 10.8. The second-order valence-corrected chi connectivity index (χ2v) is 6.78. The largest absolute Gasteiger partial charge is 0.388 e. The normalized spacial score (nSPS) is 11.6. The van der Waals surface area contributed by atoms with E-state index in [9.17, 15) is 13.2 Å². The van der Waals surface area contributed by atoms with Crippen LogP contribution in [0.5, 0.6) is 0 Å². The number of rotatable bonds is 4. The Morgan fingerprint density at radius 2 is 1.47 bits per heavy atom. The highest BCUT2D eigenvalue weighted by molar-refractivity contribution is 8.76. The van der Waals surface area contributed by atoms with Gasteiger partial charge in [0.2, 0.25) is 0 Å². The summed E-state index contributed by atoms with van der Waals surface area (Å²) in [4.78, 5) is 0. The van der Waals surface area contributed by atoms with Gasteiger partial charge in [0.15, 0.2) is 0 Å². The van der Waals surface area contributed by atoms with Crippen LogP contribution in [-0.2, 0) is 0 Å². The van der Waals surface area contributed by atoms with Gasteiger partial charge in [-0.2, -0.15) is 13.2 Å². The molecule has 0 aromatic carbocycles. The molecule has 0 aromatic rings. The first kappa shape index (κ1) is 17.9. The zero-order valence-electron chi connectivity index (χ0n) is 10.0. The highest BCUT2D eigenvalue weighted by Gasteiger charge is 2.22. The van der Waals surface area contributed by atoms with E-state index in [1.807, 2.05) is 21.6 Å². The lowest BCUT2D eigenvalue weighted by atomic mass is 10.3. The first-order chi connectivity index (χ1) is 6.69. The summed E-state index contributed by atoms with van der Waals surface area (Å²) in [6, 6.07) is 0. The monoisotopic (exact) mass is 262 g/mol. The standard InChI is InChI=1S/C7H16S2.C3H5F3/c1-6(2)5-8-9-7(3)4;1-2-3(4,5)6/h6-7H,5H2,1-4H3;2H2,1H3. The lowest BCUT2D eigenvalue weighted by Crippen LogP contribution is -2.02. The van der Waals surface area contributed by atoms with Gasteiger partial charge in [-0.25, -0.2) is 0 Å². The molecular formula is C10H21F3S2. The Hall–Kier alpha value is 0.490. The SMILES string of the molecule is CC(C)CSSC(C)C.CCC(F)(F)F. The fourth-order valence-electron chi connectivity index (χ4n) is 0.311. The van der Waals surface area contributed by atoms with Gasteiger partial charge >= 0.3 is 6.18 Å². The summed E-state index contributed by atoms with van der Waals surface area (Å²) in [5, 5.41) is 0.772. The molecule has 0 unspecified atom stereocenters. The van der Waals surface area contributed by atoms with Crippen LogP contribution in [0.15, 0.2) is 0 Å². The van der Waals surface area contributed by atoms with Crippen molar-refractivity contribution in [2.75, 3.05) is 5.75 Å². The Balaban J connectivity index is 0. The smallest absolute Gasteiger partial charge is 0.171 e. The minimum atomic E-state index is -3.96. The quantitative estimate of drug-likeness (QED) is 0.623. The topological polar surface area (TPSA) is 0 Å². The van der Waals surface area contributed by atoms with Crippen LogP contribution in [0, 0.1) is 5.92 Å². The van der Waals surface area contributed by atoms with Gasteiger partial charge in [0.05, 0.1) is 0 Å². The van der Waals surface area contributed by atoms with Crippen LogP contribution in [-0.4, -0.2) is 17.2 Å². The van der Waals surface area contributed by atoms with Crippen LogP contribution in [0.4, 0.5) is 13.2 Å². The van der Waals surface area contributed by atoms with Gasteiger partial charge in [0.1, 0.15) is 0 Å². The van der Waals surface area contributed by atoms with Gasteiger partial charge in [0, 0.05) is 17.4 Å². The Morgan fingerprint density at radius 1 is 1.07 bits per heavy atom. The first-order valence-corrected chi connectivity index (χ1v) is 7.42. The molecule has 94 valence electrons. The fraction of sp³-hybridized carbons (Fsp3) is 1.00. The van der Waals surface area contributed by atoms with Gasteiger partial charge in [-0.05, 0) is 5.92 Å². The summed E-state index contributed by atoms with van der Waals surface area (Å²) in [6.45, 7) is 10.1. The molecule has 0 heterocycles. The zero-order valence-corrected chi connectivity index (χ0v) is 11.7. The van der Waals surface area contributed by atoms with E-state index in [0.717, 1.165) is 18.1 Å². The van der Waals surface area contributed by atoms with Crippen molar-refractivity contribution in [1.82, 2.24) is 0 Å². The second-order valence-electron chi connectivity index (χ2n) is 3.79. The average molecular weight is 262 g/mol. The highest BCUT2D eigenvalue weighted by Crippen LogP contribution is 2.27. The molecule has 15 heavy (non-hydrogen) atoms. The Bertz CT molecular complexity index is 125. The van der Waals surface area contributed by atoms with E-state index in [0.29, 0.717) is 0 Å². The highest BCUT2D eigenvalue weighted by atomic mass is 33.1. The van der Waals surface area contributed by atoms with Crippen molar-refractivity contribution in [3.8, 4) is 0 Å². The van der Waals surface area contributed by atoms with E-state index in [1.165, 1.54) is 5.75 Å². The molecule has 0 saturated carbocycles. The molecule has 0 bridgehead atoms. The molecule has 0 aromatic heterocycles. The summed E-state index contributed by atoms with van der Waals surface area (Å²) >= 11 is 0. The number of hydrogen-bond acceptors (Lipinski definition) is 2. The third-order valence-electron chi connectivity index (χ3n) is 1.06. The maximum Gasteiger partial charge on any atom is 0.388 e. The van der Waals surface area contributed by atoms with Crippen molar-refractivity contribution in [1.29, 1.82) is 0 Å². The van der Waals surface area contributed by atoms with E-state index in [-0.39, 0.29) is 0 Å². The lowest BCUT2D eigenvalue weighted by Gasteiger charge is -2.04. The average Bonchev–Trinajstić information content (AvgIpc) is 2.02. The fourth-order valence-corrected chi connectivity index (χ4v) is 2.80. The molecular weight excluding hydrogens is 241 g/mol. The molecule has 0 aliphatic rings. The van der Waals surface area contributed by atoms with Gasteiger partial charge in [-0.1, -0.05) is 56.2 Å². The summed E-state index contributed by atoms with van der Waals surface area (Å²) in [5.74, 6) is 2.12. The number of halogens is 3. The molecule has 0 aliphatic heterocycles. The van der Waals surface area contributed by atoms with Crippen LogP contribution in [0.1, 0.15) is 41.0 Å². The third kappa shape index (κ3) is 25.1. The van der Waals surface area contributed by atoms with Gasteiger partial charge in [0.25, 0.3) is 0 Å². The molecule has 0 amide bonds.